The largest absolute Gasteiger partial charge is 0.435 e. The highest BCUT2D eigenvalue weighted by Crippen LogP contribution is 2.16. The van der Waals surface area contributed by atoms with E-state index in [9.17, 15) is 8.78 Å². The molecule has 1 N–H and O–H groups in total. The molecule has 0 aliphatic rings. The second-order valence-corrected chi connectivity index (χ2v) is 4.62. The summed E-state index contributed by atoms with van der Waals surface area (Å²) in [5.74, 6) is 0.162. The standard InChI is InChI=1S/C15H14ClF2NO/c16-14-4-2-1-3-12(14)10-19-9-11-5-7-13(8-6-11)20-15(17)18/h1-8,15,19H,9-10H2. The summed E-state index contributed by atoms with van der Waals surface area (Å²) in [6.45, 7) is -1.52. The lowest BCUT2D eigenvalue weighted by Crippen LogP contribution is -2.13. The molecule has 0 unspecified atom stereocenters. The molecule has 2 aromatic carbocycles. The van der Waals surface area contributed by atoms with E-state index in [0.29, 0.717) is 13.1 Å². The molecule has 106 valence electrons. The highest BCUT2D eigenvalue weighted by Gasteiger charge is 2.03. The molecule has 0 fully saturated rings. The number of nitrogens with one attached hydrogen (secondary N) is 1. The van der Waals surface area contributed by atoms with Gasteiger partial charge in [-0.1, -0.05) is 41.9 Å². The topological polar surface area (TPSA) is 21.3 Å². The van der Waals surface area contributed by atoms with Crippen molar-refractivity contribution in [2.75, 3.05) is 0 Å². The van der Waals surface area contributed by atoms with Crippen molar-refractivity contribution < 1.29 is 13.5 Å². The predicted octanol–water partition coefficient (Wildman–Crippen LogP) is 4.23. The molecule has 0 saturated carbocycles. The van der Waals surface area contributed by atoms with Crippen LogP contribution in [0, 0.1) is 0 Å². The summed E-state index contributed by atoms with van der Waals surface area (Å²) in [5, 5.41) is 3.97. The minimum atomic E-state index is -2.79. The molecule has 0 amide bonds. The molecule has 0 aliphatic carbocycles. The Morgan fingerprint density at radius 2 is 1.70 bits per heavy atom. The molecule has 0 saturated heterocycles. The highest BCUT2D eigenvalue weighted by molar-refractivity contribution is 6.31. The first-order chi connectivity index (χ1) is 9.65. The number of benzene rings is 2. The van der Waals surface area contributed by atoms with Gasteiger partial charge in [0.15, 0.2) is 0 Å². The quantitative estimate of drug-likeness (QED) is 0.861. The number of rotatable bonds is 6. The number of ether oxygens (including phenoxy) is 1. The Labute approximate surface area is 121 Å². The first kappa shape index (κ1) is 14.8. The van der Waals surface area contributed by atoms with Gasteiger partial charge in [-0.2, -0.15) is 8.78 Å². The van der Waals surface area contributed by atoms with Crippen molar-refractivity contribution in [3.63, 3.8) is 0 Å². The Bertz CT molecular complexity index is 546. The smallest absolute Gasteiger partial charge is 0.387 e. The van der Waals surface area contributed by atoms with Gasteiger partial charge in [0.25, 0.3) is 0 Å². The monoisotopic (exact) mass is 297 g/mol. The summed E-state index contributed by atoms with van der Waals surface area (Å²) in [5.41, 5.74) is 2.01. The third-order valence-corrected chi connectivity index (χ3v) is 3.12. The lowest BCUT2D eigenvalue weighted by atomic mass is 10.2. The van der Waals surface area contributed by atoms with E-state index in [-0.39, 0.29) is 5.75 Å². The van der Waals surface area contributed by atoms with Gasteiger partial charge in [0.05, 0.1) is 0 Å². The Kier molecular flexibility index (Phi) is 5.32. The van der Waals surface area contributed by atoms with Crippen LogP contribution in [0.15, 0.2) is 48.5 Å². The molecule has 2 aromatic rings. The van der Waals surface area contributed by atoms with E-state index in [1.165, 1.54) is 12.1 Å². The van der Waals surface area contributed by atoms with E-state index in [4.69, 9.17) is 11.6 Å². The zero-order chi connectivity index (χ0) is 14.4. The Hall–Kier alpha value is -1.65. The summed E-state index contributed by atoms with van der Waals surface area (Å²) in [7, 11) is 0. The number of hydrogen-bond acceptors (Lipinski definition) is 2. The van der Waals surface area contributed by atoms with Crippen LogP contribution in [0.4, 0.5) is 8.78 Å². The van der Waals surface area contributed by atoms with Crippen LogP contribution in [-0.2, 0) is 13.1 Å². The second kappa shape index (κ2) is 7.22. The van der Waals surface area contributed by atoms with Gasteiger partial charge in [-0.3, -0.25) is 0 Å². The minimum absolute atomic E-state index is 0.162. The van der Waals surface area contributed by atoms with Gasteiger partial charge in [0.1, 0.15) is 5.75 Å². The van der Waals surface area contributed by atoms with E-state index in [0.717, 1.165) is 16.1 Å². The fourth-order valence-corrected chi connectivity index (χ4v) is 1.97. The van der Waals surface area contributed by atoms with Crippen molar-refractivity contribution in [3.8, 4) is 5.75 Å². The Morgan fingerprint density at radius 1 is 1.00 bits per heavy atom. The molecule has 0 radical (unpaired) electrons. The first-order valence-electron chi connectivity index (χ1n) is 6.13. The van der Waals surface area contributed by atoms with E-state index < -0.39 is 6.61 Å². The molecule has 2 rings (SSSR count). The van der Waals surface area contributed by atoms with Crippen molar-refractivity contribution in [2.45, 2.75) is 19.7 Å². The van der Waals surface area contributed by atoms with Crippen molar-refractivity contribution in [1.82, 2.24) is 5.32 Å². The van der Waals surface area contributed by atoms with E-state index >= 15 is 0 Å². The molecule has 0 bridgehead atoms. The van der Waals surface area contributed by atoms with E-state index in [1.807, 2.05) is 24.3 Å². The fraction of sp³-hybridized carbons (Fsp3) is 0.200. The lowest BCUT2D eigenvalue weighted by Gasteiger charge is -2.08. The van der Waals surface area contributed by atoms with Crippen LogP contribution in [0.25, 0.3) is 0 Å². The average Bonchev–Trinajstić information content (AvgIpc) is 2.42. The molecular weight excluding hydrogens is 284 g/mol. The van der Waals surface area contributed by atoms with Gasteiger partial charge >= 0.3 is 6.61 Å². The van der Waals surface area contributed by atoms with Crippen LogP contribution in [0.5, 0.6) is 5.75 Å². The molecule has 0 spiro atoms. The SMILES string of the molecule is FC(F)Oc1ccc(CNCc2ccccc2Cl)cc1. The summed E-state index contributed by atoms with van der Waals surface area (Å²) in [6, 6.07) is 14.2. The van der Waals surface area contributed by atoms with Crippen LogP contribution in [-0.4, -0.2) is 6.61 Å². The Morgan fingerprint density at radius 3 is 2.35 bits per heavy atom. The molecule has 0 heterocycles. The minimum Gasteiger partial charge on any atom is -0.435 e. The Balaban J connectivity index is 1.84. The second-order valence-electron chi connectivity index (χ2n) is 4.22. The van der Waals surface area contributed by atoms with Gasteiger partial charge in [-0.25, -0.2) is 0 Å². The number of hydrogen-bond donors (Lipinski definition) is 1. The molecule has 0 aliphatic heterocycles. The zero-order valence-electron chi connectivity index (χ0n) is 10.7. The van der Waals surface area contributed by atoms with E-state index in [1.54, 1.807) is 12.1 Å². The first-order valence-corrected chi connectivity index (χ1v) is 6.51. The molecule has 5 heteroatoms. The van der Waals surface area contributed by atoms with Gasteiger partial charge in [-0.05, 0) is 29.3 Å². The maximum atomic E-state index is 12.0. The van der Waals surface area contributed by atoms with Crippen LogP contribution in [0.3, 0.4) is 0 Å². The molecule has 0 aromatic heterocycles. The number of alkyl halides is 2. The van der Waals surface area contributed by atoms with Crippen molar-refractivity contribution in [3.05, 3.63) is 64.7 Å². The van der Waals surface area contributed by atoms with Gasteiger partial charge in [-0.15, -0.1) is 0 Å². The van der Waals surface area contributed by atoms with Crippen molar-refractivity contribution >= 4 is 11.6 Å². The molecule has 0 atom stereocenters. The van der Waals surface area contributed by atoms with Gasteiger partial charge in [0.2, 0.25) is 0 Å². The summed E-state index contributed by atoms with van der Waals surface area (Å²) < 4.78 is 28.3. The molecule has 20 heavy (non-hydrogen) atoms. The zero-order valence-corrected chi connectivity index (χ0v) is 11.4. The van der Waals surface area contributed by atoms with Crippen molar-refractivity contribution in [1.29, 1.82) is 0 Å². The third-order valence-electron chi connectivity index (χ3n) is 2.75. The highest BCUT2D eigenvalue weighted by atomic mass is 35.5. The normalized spacial score (nSPS) is 10.8. The van der Waals surface area contributed by atoms with Crippen LogP contribution >= 0.6 is 11.6 Å². The molecular formula is C15H14ClF2NO. The maximum Gasteiger partial charge on any atom is 0.387 e. The van der Waals surface area contributed by atoms with Gasteiger partial charge < -0.3 is 10.1 Å². The number of halogens is 3. The average molecular weight is 298 g/mol. The summed E-state index contributed by atoms with van der Waals surface area (Å²) in [6.07, 6.45) is 0. The lowest BCUT2D eigenvalue weighted by molar-refractivity contribution is -0.0498. The maximum absolute atomic E-state index is 12.0. The molecule has 2 nitrogen and oxygen atoms in total. The predicted molar refractivity (Wildman–Crippen MR) is 75.1 cm³/mol. The van der Waals surface area contributed by atoms with Crippen LogP contribution < -0.4 is 10.1 Å². The van der Waals surface area contributed by atoms with Crippen LogP contribution in [0.2, 0.25) is 5.02 Å². The fourth-order valence-electron chi connectivity index (χ4n) is 1.77. The van der Waals surface area contributed by atoms with Gasteiger partial charge in [0, 0.05) is 18.1 Å². The van der Waals surface area contributed by atoms with Crippen LogP contribution in [0.1, 0.15) is 11.1 Å². The van der Waals surface area contributed by atoms with E-state index in [2.05, 4.69) is 10.1 Å². The third kappa shape index (κ3) is 4.47. The summed E-state index contributed by atoms with van der Waals surface area (Å²) in [4.78, 5) is 0. The van der Waals surface area contributed by atoms with Crippen molar-refractivity contribution in [2.24, 2.45) is 0 Å². The summed E-state index contributed by atoms with van der Waals surface area (Å²) >= 11 is 6.05.